The van der Waals surface area contributed by atoms with Crippen molar-refractivity contribution in [2.45, 2.75) is 23.2 Å². The average molecular weight is 412 g/mol. The van der Waals surface area contributed by atoms with Gasteiger partial charge in [-0.25, -0.2) is 18.7 Å². The van der Waals surface area contributed by atoms with Gasteiger partial charge in [0.15, 0.2) is 9.84 Å². The number of urea groups is 1. The Bertz CT molecular complexity index is 1180. The second-order valence-electron chi connectivity index (χ2n) is 6.85. The molecule has 150 valence electrons. The molecule has 0 aliphatic carbocycles. The minimum absolute atomic E-state index is 0.0760. The van der Waals surface area contributed by atoms with Crippen molar-refractivity contribution in [2.75, 3.05) is 7.11 Å². The van der Waals surface area contributed by atoms with Crippen molar-refractivity contribution in [3.05, 3.63) is 71.8 Å². The molecule has 1 unspecified atom stereocenters. The van der Waals surface area contributed by atoms with Crippen LogP contribution in [0.4, 0.5) is 4.79 Å². The number of fused-ring (bicyclic) bond motifs is 3. The Morgan fingerprint density at radius 3 is 2.52 bits per heavy atom. The zero-order chi connectivity index (χ0) is 20.6. The fourth-order valence-corrected chi connectivity index (χ4v) is 5.53. The molecule has 2 amide bonds. The first kappa shape index (κ1) is 19.2. The van der Waals surface area contributed by atoms with Crippen LogP contribution in [0.2, 0.25) is 0 Å². The number of ether oxygens (including phenoxy) is 1. The maximum atomic E-state index is 13.4. The van der Waals surface area contributed by atoms with Crippen LogP contribution in [0.15, 0.2) is 65.6 Å². The number of sulfone groups is 1. The minimum atomic E-state index is -3.90. The monoisotopic (exact) mass is 412 g/mol. The number of carbonyl (C=O) groups excluding carboxylic acids is 1. The molecule has 4 rings (SSSR count). The lowest BCUT2D eigenvalue weighted by atomic mass is 9.93. The van der Waals surface area contributed by atoms with E-state index >= 15 is 0 Å². The van der Waals surface area contributed by atoms with E-state index in [0.717, 1.165) is 26.8 Å². The Balaban J connectivity index is 1.83. The van der Waals surface area contributed by atoms with E-state index < -0.39 is 21.2 Å². The van der Waals surface area contributed by atoms with Gasteiger partial charge in [0.05, 0.1) is 12.0 Å². The third-order valence-electron chi connectivity index (χ3n) is 5.31. The molecule has 0 fully saturated rings. The van der Waals surface area contributed by atoms with Crippen molar-refractivity contribution in [1.29, 1.82) is 0 Å². The zero-order valence-corrected chi connectivity index (χ0v) is 16.5. The minimum Gasteiger partial charge on any atom is -0.497 e. The van der Waals surface area contributed by atoms with Gasteiger partial charge in [0.25, 0.3) is 0 Å². The van der Waals surface area contributed by atoms with Crippen LogP contribution in [0.3, 0.4) is 0 Å². The highest BCUT2D eigenvalue weighted by Crippen LogP contribution is 2.34. The number of carbonyl (C=O) groups is 1. The number of nitrogens with one attached hydrogen (secondary N) is 1. The highest BCUT2D eigenvalue weighted by atomic mass is 32.2. The molecule has 1 aliphatic heterocycles. The molecule has 3 aromatic rings. The molecular weight excluding hydrogens is 392 g/mol. The van der Waals surface area contributed by atoms with Gasteiger partial charge in [-0.05, 0) is 46.2 Å². The molecule has 1 aliphatic rings. The van der Waals surface area contributed by atoms with Crippen LogP contribution in [0, 0.1) is 0 Å². The van der Waals surface area contributed by atoms with E-state index in [4.69, 9.17) is 4.74 Å². The van der Waals surface area contributed by atoms with Crippen LogP contribution < -0.4 is 10.2 Å². The number of rotatable bonds is 3. The highest BCUT2D eigenvalue weighted by molar-refractivity contribution is 7.92. The van der Waals surface area contributed by atoms with Gasteiger partial charge < -0.3 is 9.64 Å². The van der Waals surface area contributed by atoms with Crippen LogP contribution in [0.5, 0.6) is 5.75 Å². The molecule has 2 N–H and O–H groups in total. The normalized spacial score (nSPS) is 16.3. The highest BCUT2D eigenvalue weighted by Gasteiger charge is 2.40. The van der Waals surface area contributed by atoms with E-state index in [2.05, 4.69) is 0 Å². The van der Waals surface area contributed by atoms with Crippen molar-refractivity contribution in [1.82, 2.24) is 10.4 Å². The summed E-state index contributed by atoms with van der Waals surface area (Å²) in [5, 5.41) is 9.99. The lowest BCUT2D eigenvalue weighted by Crippen LogP contribution is -2.51. The summed E-state index contributed by atoms with van der Waals surface area (Å²) in [6.07, 6.45) is 0.123. The number of hydrogen-bond acceptors (Lipinski definition) is 5. The van der Waals surface area contributed by atoms with Crippen molar-refractivity contribution >= 4 is 26.6 Å². The molecule has 0 radical (unpaired) electrons. The first-order chi connectivity index (χ1) is 14.0. The first-order valence-electron chi connectivity index (χ1n) is 9.04. The van der Waals surface area contributed by atoms with Crippen molar-refractivity contribution < 1.29 is 23.2 Å². The van der Waals surface area contributed by atoms with Crippen molar-refractivity contribution in [3.8, 4) is 5.75 Å². The number of amides is 2. The summed E-state index contributed by atoms with van der Waals surface area (Å²) < 4.78 is 31.9. The number of methoxy groups -OCH3 is 1. The van der Waals surface area contributed by atoms with E-state index in [9.17, 15) is 18.4 Å². The molecule has 0 spiro atoms. The smallest absolute Gasteiger partial charge is 0.342 e. The van der Waals surface area contributed by atoms with Gasteiger partial charge in [-0.1, -0.05) is 36.4 Å². The van der Waals surface area contributed by atoms with Crippen LogP contribution in [-0.2, 0) is 22.8 Å². The summed E-state index contributed by atoms with van der Waals surface area (Å²) in [6.45, 7) is 0.0760. The second kappa shape index (κ2) is 7.38. The Kier molecular flexibility index (Phi) is 4.89. The summed E-state index contributed by atoms with van der Waals surface area (Å²) in [7, 11) is -2.40. The molecule has 7 nitrogen and oxygen atoms in total. The average Bonchev–Trinajstić information content (AvgIpc) is 2.77. The molecule has 3 aromatic carbocycles. The third-order valence-corrected chi connectivity index (χ3v) is 7.37. The predicted octanol–water partition coefficient (Wildman–Crippen LogP) is 3.11. The molecular formula is C21H20N2O5S. The summed E-state index contributed by atoms with van der Waals surface area (Å²) in [5.74, 6) is 0.536. The van der Waals surface area contributed by atoms with Crippen LogP contribution in [0.25, 0.3) is 10.8 Å². The largest absolute Gasteiger partial charge is 0.497 e. The van der Waals surface area contributed by atoms with Gasteiger partial charge in [-0.2, -0.15) is 0 Å². The topological polar surface area (TPSA) is 95.9 Å². The Labute approximate surface area is 168 Å². The number of nitrogens with zero attached hydrogens (tertiary/aromatic N) is 1. The SMILES string of the molecule is COc1ccc(S(=O)(=O)C2Cc3c(ccc4ccccc34)CN2C(=O)NO)cc1. The van der Waals surface area contributed by atoms with Crippen LogP contribution in [-0.4, -0.2) is 37.0 Å². The molecule has 0 aromatic heterocycles. The lowest BCUT2D eigenvalue weighted by molar-refractivity contribution is 0.120. The number of hydrogen-bond donors (Lipinski definition) is 2. The fraction of sp³-hybridized carbons (Fsp3) is 0.190. The standard InChI is InChI=1S/C21H20N2O5S/c1-28-16-8-10-17(11-9-16)29(26,27)20-12-19-15(13-23(20)21(24)22-25)7-6-14-4-2-3-5-18(14)19/h2-11,20,25H,12-13H2,1H3,(H,22,24). The van der Waals surface area contributed by atoms with Gasteiger partial charge in [-0.15, -0.1) is 0 Å². The second-order valence-corrected chi connectivity index (χ2v) is 8.95. The Morgan fingerprint density at radius 1 is 1.10 bits per heavy atom. The van der Waals surface area contributed by atoms with Crippen molar-refractivity contribution in [3.63, 3.8) is 0 Å². The summed E-state index contributed by atoms with van der Waals surface area (Å²) in [4.78, 5) is 13.5. The summed E-state index contributed by atoms with van der Waals surface area (Å²) in [6, 6.07) is 16.8. The number of benzene rings is 3. The zero-order valence-electron chi connectivity index (χ0n) is 15.7. The predicted molar refractivity (Wildman–Crippen MR) is 107 cm³/mol. The summed E-state index contributed by atoms with van der Waals surface area (Å²) in [5.41, 5.74) is 3.33. The van der Waals surface area contributed by atoms with E-state index in [0.29, 0.717) is 5.75 Å². The molecule has 0 bridgehead atoms. The molecule has 0 saturated heterocycles. The molecule has 29 heavy (non-hydrogen) atoms. The van der Waals surface area contributed by atoms with Gasteiger partial charge in [-0.3, -0.25) is 5.21 Å². The maximum Gasteiger partial charge on any atom is 0.342 e. The van der Waals surface area contributed by atoms with Gasteiger partial charge >= 0.3 is 6.03 Å². The Morgan fingerprint density at radius 2 is 1.83 bits per heavy atom. The molecule has 8 heteroatoms. The van der Waals surface area contributed by atoms with Crippen molar-refractivity contribution in [2.24, 2.45) is 0 Å². The van der Waals surface area contributed by atoms with E-state index in [-0.39, 0.29) is 17.9 Å². The van der Waals surface area contributed by atoms with Gasteiger partial charge in [0.1, 0.15) is 11.1 Å². The van der Waals surface area contributed by atoms with E-state index in [1.807, 2.05) is 36.4 Å². The fourth-order valence-electron chi connectivity index (χ4n) is 3.81. The van der Waals surface area contributed by atoms with Gasteiger partial charge in [0, 0.05) is 13.0 Å². The third kappa shape index (κ3) is 3.30. The first-order valence-corrected chi connectivity index (χ1v) is 10.6. The molecule has 1 heterocycles. The molecule has 1 atom stereocenters. The maximum absolute atomic E-state index is 13.4. The lowest BCUT2D eigenvalue weighted by Gasteiger charge is -2.36. The van der Waals surface area contributed by atoms with E-state index in [1.54, 1.807) is 17.6 Å². The van der Waals surface area contributed by atoms with Gasteiger partial charge in [0.2, 0.25) is 0 Å². The number of hydroxylamine groups is 1. The Hall–Kier alpha value is -3.10. The van der Waals surface area contributed by atoms with E-state index in [1.165, 1.54) is 19.2 Å². The van der Waals surface area contributed by atoms with Crippen LogP contribution >= 0.6 is 0 Å². The molecule has 0 saturated carbocycles. The van der Waals surface area contributed by atoms with Crippen LogP contribution in [0.1, 0.15) is 11.1 Å². The quantitative estimate of drug-likeness (QED) is 0.509. The summed E-state index contributed by atoms with van der Waals surface area (Å²) >= 11 is 0.